The zero-order valence-corrected chi connectivity index (χ0v) is 15.8. The maximum atomic E-state index is 12.1. The Morgan fingerprint density at radius 3 is 2.70 bits per heavy atom. The first-order valence-corrected chi connectivity index (χ1v) is 9.25. The lowest BCUT2D eigenvalue weighted by Gasteiger charge is -2.08. The second-order valence-electron chi connectivity index (χ2n) is 5.71. The molecule has 8 nitrogen and oxygen atoms in total. The summed E-state index contributed by atoms with van der Waals surface area (Å²) in [6.45, 7) is 2.17. The molecule has 0 radical (unpaired) electrons. The molecule has 0 saturated heterocycles. The summed E-state index contributed by atoms with van der Waals surface area (Å²) < 4.78 is 6.36. The van der Waals surface area contributed by atoms with Crippen molar-refractivity contribution in [1.29, 1.82) is 0 Å². The van der Waals surface area contributed by atoms with Crippen LogP contribution in [0.4, 0.5) is 0 Å². The van der Waals surface area contributed by atoms with Gasteiger partial charge in [-0.1, -0.05) is 30.0 Å². The van der Waals surface area contributed by atoms with E-state index in [1.807, 2.05) is 18.2 Å². The van der Waals surface area contributed by atoms with Gasteiger partial charge in [0.1, 0.15) is 10.3 Å². The lowest BCUT2D eigenvalue weighted by molar-refractivity contribution is -0.139. The molecule has 2 heterocycles. The lowest BCUT2D eigenvalue weighted by Crippen LogP contribution is -2.26. The molecule has 9 heteroatoms. The van der Waals surface area contributed by atoms with Crippen LogP contribution in [0.1, 0.15) is 23.1 Å². The number of methoxy groups -OCH3 is 1. The third-order valence-corrected chi connectivity index (χ3v) is 4.81. The molecule has 0 spiro atoms. The van der Waals surface area contributed by atoms with Crippen molar-refractivity contribution in [2.45, 2.75) is 23.6 Å². The van der Waals surface area contributed by atoms with Gasteiger partial charge in [0.2, 0.25) is 0 Å². The third-order valence-electron chi connectivity index (χ3n) is 3.80. The predicted molar refractivity (Wildman–Crippen MR) is 101 cm³/mol. The number of benzene rings is 1. The number of nitrogens with zero attached hydrogens (tertiary/aromatic N) is 4. The molecule has 27 heavy (non-hydrogen) atoms. The van der Waals surface area contributed by atoms with E-state index in [1.54, 1.807) is 35.7 Å². The van der Waals surface area contributed by atoms with Gasteiger partial charge in [0.15, 0.2) is 11.5 Å². The Balaban J connectivity index is 1.65. The van der Waals surface area contributed by atoms with Crippen LogP contribution in [0.5, 0.6) is 0 Å². The summed E-state index contributed by atoms with van der Waals surface area (Å²) in [4.78, 5) is 23.7. The van der Waals surface area contributed by atoms with E-state index in [4.69, 9.17) is 4.74 Å². The zero-order chi connectivity index (χ0) is 19.2. The molecule has 3 rings (SSSR count). The van der Waals surface area contributed by atoms with Crippen LogP contribution in [0.15, 0.2) is 47.5 Å². The molecule has 0 fully saturated rings. The molecule has 1 aromatic carbocycles. The van der Waals surface area contributed by atoms with Gasteiger partial charge in [-0.15, -0.1) is 10.2 Å². The highest BCUT2D eigenvalue weighted by Crippen LogP contribution is 2.22. The first kappa shape index (κ1) is 18.8. The number of hydrogen-bond donors (Lipinski definition) is 1. The van der Waals surface area contributed by atoms with Crippen LogP contribution >= 0.6 is 11.8 Å². The number of carbonyl (C=O) groups is 2. The molecule has 0 aliphatic rings. The van der Waals surface area contributed by atoms with Gasteiger partial charge >= 0.3 is 5.97 Å². The van der Waals surface area contributed by atoms with E-state index in [1.165, 1.54) is 18.9 Å². The Labute approximate surface area is 160 Å². The smallest absolute Gasteiger partial charge is 0.318 e. The highest BCUT2D eigenvalue weighted by Gasteiger charge is 2.16. The van der Waals surface area contributed by atoms with Crippen LogP contribution in [-0.4, -0.2) is 50.6 Å². The van der Waals surface area contributed by atoms with Crippen molar-refractivity contribution in [3.8, 4) is 0 Å². The van der Waals surface area contributed by atoms with Crippen LogP contribution in [0, 0.1) is 0 Å². The van der Waals surface area contributed by atoms with Crippen molar-refractivity contribution in [1.82, 2.24) is 25.1 Å². The average Bonchev–Trinajstić information content (AvgIpc) is 3.10. The van der Waals surface area contributed by atoms with E-state index < -0.39 is 0 Å². The van der Waals surface area contributed by atoms with E-state index in [0.717, 1.165) is 0 Å². The van der Waals surface area contributed by atoms with Crippen molar-refractivity contribution in [2.24, 2.45) is 0 Å². The monoisotopic (exact) mass is 385 g/mol. The summed E-state index contributed by atoms with van der Waals surface area (Å²) in [5.41, 5.74) is 1.21. The number of hydrogen-bond acceptors (Lipinski definition) is 7. The molecule has 0 unspecified atom stereocenters. The number of nitrogens with one attached hydrogen (secondary N) is 1. The van der Waals surface area contributed by atoms with E-state index in [9.17, 15) is 9.59 Å². The van der Waals surface area contributed by atoms with Crippen molar-refractivity contribution >= 4 is 29.3 Å². The first-order valence-electron chi connectivity index (χ1n) is 8.37. The van der Waals surface area contributed by atoms with Crippen LogP contribution in [-0.2, 0) is 16.0 Å². The fourth-order valence-corrected chi connectivity index (χ4v) is 3.24. The van der Waals surface area contributed by atoms with Crippen molar-refractivity contribution in [3.63, 3.8) is 0 Å². The topological polar surface area (TPSA) is 98.5 Å². The van der Waals surface area contributed by atoms with E-state index >= 15 is 0 Å². The Hall–Kier alpha value is -2.94. The van der Waals surface area contributed by atoms with Crippen molar-refractivity contribution in [2.75, 3.05) is 13.7 Å². The molecule has 0 bridgehead atoms. The maximum absolute atomic E-state index is 12.1. The van der Waals surface area contributed by atoms with Gasteiger partial charge in [-0.2, -0.15) is 9.61 Å². The Bertz CT molecular complexity index is 945. The fourth-order valence-electron chi connectivity index (χ4n) is 2.41. The summed E-state index contributed by atoms with van der Waals surface area (Å²) in [7, 11) is 1.36. The molecule has 1 atom stereocenters. The minimum Gasteiger partial charge on any atom is -0.468 e. The quantitative estimate of drug-likeness (QED) is 0.489. The number of esters is 1. The van der Waals surface area contributed by atoms with Crippen LogP contribution < -0.4 is 5.32 Å². The van der Waals surface area contributed by atoms with Gasteiger partial charge in [0, 0.05) is 18.5 Å². The van der Waals surface area contributed by atoms with Gasteiger partial charge in [-0.05, 0) is 31.2 Å². The normalized spacial score (nSPS) is 11.9. The Morgan fingerprint density at radius 2 is 1.96 bits per heavy atom. The number of thioether (sulfide) groups is 1. The second kappa shape index (κ2) is 8.63. The number of carbonyl (C=O) groups excluding carboxylic acids is 2. The van der Waals surface area contributed by atoms with Crippen LogP contribution in [0.25, 0.3) is 5.65 Å². The molecule has 0 aliphatic carbocycles. The predicted octanol–water partition coefficient (Wildman–Crippen LogP) is 1.75. The van der Waals surface area contributed by atoms with E-state index in [2.05, 4.69) is 20.6 Å². The molecule has 2 aromatic heterocycles. The van der Waals surface area contributed by atoms with Gasteiger partial charge in [0.05, 0.1) is 7.11 Å². The van der Waals surface area contributed by atoms with Crippen molar-refractivity contribution < 1.29 is 14.3 Å². The number of rotatable bonds is 7. The Kier molecular flexibility index (Phi) is 6.02. The van der Waals surface area contributed by atoms with Gasteiger partial charge in [-0.25, -0.2) is 0 Å². The van der Waals surface area contributed by atoms with Gasteiger partial charge in [-0.3, -0.25) is 9.59 Å². The highest BCUT2D eigenvalue weighted by molar-refractivity contribution is 8.00. The summed E-state index contributed by atoms with van der Waals surface area (Å²) in [6, 6.07) is 12.6. The van der Waals surface area contributed by atoms with E-state index in [0.29, 0.717) is 35.0 Å². The number of amides is 1. The minimum atomic E-state index is -0.370. The number of fused-ring (bicyclic) bond motifs is 1. The zero-order valence-electron chi connectivity index (χ0n) is 15.0. The standard InChI is InChI=1S/C18H19N5O3S/c1-12(18(25)26-2)27-16-9-8-14-20-21-15(23(14)22-16)10-11-19-17(24)13-6-4-3-5-7-13/h3-9,12H,10-11H2,1-2H3,(H,19,24)/t12-/m0/s1. The average molecular weight is 385 g/mol. The lowest BCUT2D eigenvalue weighted by atomic mass is 10.2. The van der Waals surface area contributed by atoms with Crippen molar-refractivity contribution in [3.05, 3.63) is 53.9 Å². The minimum absolute atomic E-state index is 0.138. The molecular weight excluding hydrogens is 366 g/mol. The summed E-state index contributed by atoms with van der Waals surface area (Å²) in [6.07, 6.45) is 0.480. The SMILES string of the molecule is COC(=O)[C@H](C)Sc1ccc2nnc(CCNC(=O)c3ccccc3)n2n1. The summed E-state index contributed by atoms with van der Waals surface area (Å²) >= 11 is 1.30. The summed E-state index contributed by atoms with van der Waals surface area (Å²) in [5, 5.41) is 15.8. The molecule has 0 aliphatic heterocycles. The highest BCUT2D eigenvalue weighted by atomic mass is 32.2. The van der Waals surface area contributed by atoms with Gasteiger partial charge in [0.25, 0.3) is 5.91 Å². The van der Waals surface area contributed by atoms with Crippen LogP contribution in [0.3, 0.4) is 0 Å². The molecule has 3 aromatic rings. The second-order valence-corrected chi connectivity index (χ2v) is 7.07. The summed E-state index contributed by atoms with van der Waals surface area (Å²) in [5.74, 6) is 0.182. The molecular formula is C18H19N5O3S. The third kappa shape index (κ3) is 4.62. The van der Waals surface area contributed by atoms with Crippen LogP contribution in [0.2, 0.25) is 0 Å². The number of ether oxygens (including phenoxy) is 1. The molecule has 1 N–H and O–H groups in total. The number of aromatic nitrogens is 4. The van der Waals surface area contributed by atoms with Gasteiger partial charge < -0.3 is 10.1 Å². The fraction of sp³-hybridized carbons (Fsp3) is 0.278. The first-order chi connectivity index (χ1) is 13.1. The molecule has 0 saturated carbocycles. The van der Waals surface area contributed by atoms with E-state index in [-0.39, 0.29) is 17.1 Å². The molecule has 1 amide bonds. The molecule has 140 valence electrons. The largest absolute Gasteiger partial charge is 0.468 e. The Morgan fingerprint density at radius 1 is 1.19 bits per heavy atom. The maximum Gasteiger partial charge on any atom is 0.318 e.